The molecule has 0 spiro atoms. The van der Waals surface area contributed by atoms with Gasteiger partial charge in [0.2, 0.25) is 0 Å². The molecule has 0 aliphatic rings. The molecule has 0 atom stereocenters. The zero-order chi connectivity index (χ0) is 17.5. The van der Waals surface area contributed by atoms with E-state index < -0.39 is 10.8 Å². The van der Waals surface area contributed by atoms with Gasteiger partial charge in [0.1, 0.15) is 17.3 Å². The molecule has 0 aromatic heterocycles. The Hall–Kier alpha value is -3.37. The first-order valence-electron chi connectivity index (χ1n) is 6.68. The van der Waals surface area contributed by atoms with Gasteiger partial charge < -0.3 is 10.6 Å². The molecule has 0 fully saturated rings. The molecule has 0 bridgehead atoms. The van der Waals surface area contributed by atoms with Crippen LogP contribution >= 0.6 is 11.6 Å². The maximum atomic E-state index is 12.1. The van der Waals surface area contributed by atoms with Crippen molar-refractivity contribution in [2.24, 2.45) is 0 Å². The fourth-order valence-electron chi connectivity index (χ4n) is 1.81. The molecule has 0 aliphatic carbocycles. The van der Waals surface area contributed by atoms with Gasteiger partial charge in [-0.1, -0.05) is 29.8 Å². The number of hydrogen-bond donors (Lipinski definition) is 2. The largest absolute Gasteiger partial charge is 0.360 e. The number of nitro groups is 1. The van der Waals surface area contributed by atoms with E-state index in [-0.39, 0.29) is 16.9 Å². The summed E-state index contributed by atoms with van der Waals surface area (Å²) < 4.78 is 0. The van der Waals surface area contributed by atoms with Crippen molar-refractivity contribution in [3.05, 3.63) is 75.4 Å². The van der Waals surface area contributed by atoms with Crippen molar-refractivity contribution < 1.29 is 9.72 Å². The Morgan fingerprint density at radius 3 is 2.67 bits per heavy atom. The van der Waals surface area contributed by atoms with Gasteiger partial charge in [-0.3, -0.25) is 14.9 Å². The average Bonchev–Trinajstić information content (AvgIpc) is 2.55. The number of halogens is 1. The lowest BCUT2D eigenvalue weighted by Crippen LogP contribution is -2.15. The first-order valence-corrected chi connectivity index (χ1v) is 7.06. The number of nitro benzene ring substituents is 1. The number of hydrogen-bond acceptors (Lipinski definition) is 5. The van der Waals surface area contributed by atoms with E-state index in [0.29, 0.717) is 10.7 Å². The number of nitrogens with one attached hydrogen (secondary N) is 2. The van der Waals surface area contributed by atoms with Crippen LogP contribution in [0.15, 0.2) is 60.3 Å². The number of amides is 1. The van der Waals surface area contributed by atoms with E-state index >= 15 is 0 Å². The number of nitriles is 1. The van der Waals surface area contributed by atoms with E-state index in [2.05, 4.69) is 10.6 Å². The van der Waals surface area contributed by atoms with Crippen molar-refractivity contribution in [3.63, 3.8) is 0 Å². The average molecular weight is 343 g/mol. The first-order chi connectivity index (χ1) is 11.5. The highest BCUT2D eigenvalue weighted by atomic mass is 35.5. The molecule has 0 heterocycles. The molecule has 2 rings (SSSR count). The standard InChI is InChI=1S/C16H11ClN4O3/c17-12-4-3-5-13(8-12)19-10-11(9-18)16(22)20-14-6-1-2-7-15(14)21(23)24/h1-8,10,19H,(H,20,22)/b11-10-. The highest BCUT2D eigenvalue weighted by Gasteiger charge is 2.17. The highest BCUT2D eigenvalue weighted by Crippen LogP contribution is 2.23. The number of nitrogens with zero attached hydrogens (tertiary/aromatic N) is 2. The monoisotopic (exact) mass is 342 g/mol. The summed E-state index contributed by atoms with van der Waals surface area (Å²) in [6.07, 6.45) is 1.20. The Labute approximate surface area is 142 Å². The fraction of sp³-hybridized carbons (Fsp3) is 0. The predicted octanol–water partition coefficient (Wildman–Crippen LogP) is 3.71. The number of benzene rings is 2. The second-order valence-electron chi connectivity index (χ2n) is 4.55. The minimum absolute atomic E-state index is 0.0106. The summed E-state index contributed by atoms with van der Waals surface area (Å²) >= 11 is 5.84. The van der Waals surface area contributed by atoms with Gasteiger partial charge in [0.05, 0.1) is 4.92 Å². The first kappa shape index (κ1) is 17.0. The molecule has 120 valence electrons. The van der Waals surface area contributed by atoms with Gasteiger partial charge in [0.25, 0.3) is 11.6 Å². The van der Waals surface area contributed by atoms with Crippen molar-refractivity contribution in [1.82, 2.24) is 0 Å². The van der Waals surface area contributed by atoms with Crippen LogP contribution in [0.25, 0.3) is 0 Å². The van der Waals surface area contributed by atoms with Crippen LogP contribution in [0.1, 0.15) is 0 Å². The Morgan fingerprint density at radius 1 is 1.25 bits per heavy atom. The normalized spacial score (nSPS) is 10.6. The summed E-state index contributed by atoms with van der Waals surface area (Å²) in [5.74, 6) is -0.763. The van der Waals surface area contributed by atoms with Crippen molar-refractivity contribution in [1.29, 1.82) is 5.26 Å². The molecule has 0 radical (unpaired) electrons. The molecule has 0 saturated carbocycles. The summed E-state index contributed by atoms with van der Waals surface area (Å²) in [6.45, 7) is 0. The molecule has 2 aromatic carbocycles. The second kappa shape index (κ2) is 7.76. The molecular formula is C16H11ClN4O3. The Balaban J connectivity index is 2.16. The molecule has 8 heteroatoms. The maximum absolute atomic E-state index is 12.1. The summed E-state index contributed by atoms with van der Waals surface area (Å²) in [4.78, 5) is 22.4. The van der Waals surface area contributed by atoms with E-state index in [4.69, 9.17) is 16.9 Å². The Morgan fingerprint density at radius 2 is 2.00 bits per heavy atom. The molecule has 2 N–H and O–H groups in total. The molecular weight excluding hydrogens is 332 g/mol. The van der Waals surface area contributed by atoms with Crippen molar-refractivity contribution in [3.8, 4) is 6.07 Å². The van der Waals surface area contributed by atoms with Gasteiger partial charge in [-0.15, -0.1) is 0 Å². The molecule has 24 heavy (non-hydrogen) atoms. The lowest BCUT2D eigenvalue weighted by atomic mass is 10.2. The van der Waals surface area contributed by atoms with Crippen molar-refractivity contribution >= 4 is 34.6 Å². The minimum Gasteiger partial charge on any atom is -0.360 e. The van der Waals surface area contributed by atoms with Gasteiger partial charge in [-0.25, -0.2) is 0 Å². The van der Waals surface area contributed by atoms with Crippen LogP contribution in [0, 0.1) is 21.4 Å². The van der Waals surface area contributed by atoms with E-state index in [9.17, 15) is 14.9 Å². The molecule has 2 aromatic rings. The zero-order valence-corrected chi connectivity index (χ0v) is 12.9. The van der Waals surface area contributed by atoms with Crippen LogP contribution in [-0.2, 0) is 4.79 Å². The summed E-state index contributed by atoms with van der Waals surface area (Å²) in [6, 6.07) is 14.1. The topological polar surface area (TPSA) is 108 Å². The van der Waals surface area contributed by atoms with Gasteiger partial charge in [0, 0.05) is 23.0 Å². The highest BCUT2D eigenvalue weighted by molar-refractivity contribution is 6.30. The number of carbonyl (C=O) groups excluding carboxylic acids is 1. The number of para-hydroxylation sites is 2. The zero-order valence-electron chi connectivity index (χ0n) is 12.2. The van der Waals surface area contributed by atoms with E-state index in [1.165, 1.54) is 24.4 Å². The van der Waals surface area contributed by atoms with Crippen LogP contribution in [0.5, 0.6) is 0 Å². The maximum Gasteiger partial charge on any atom is 0.292 e. The smallest absolute Gasteiger partial charge is 0.292 e. The lowest BCUT2D eigenvalue weighted by Gasteiger charge is -2.06. The number of carbonyl (C=O) groups is 1. The van der Waals surface area contributed by atoms with Gasteiger partial charge >= 0.3 is 0 Å². The minimum atomic E-state index is -0.763. The Kier molecular flexibility index (Phi) is 5.49. The third-order valence-electron chi connectivity index (χ3n) is 2.92. The van der Waals surface area contributed by atoms with E-state index in [1.54, 1.807) is 36.4 Å². The SMILES string of the molecule is N#C/C(=C/Nc1cccc(Cl)c1)C(=O)Nc1ccccc1[N+](=O)[O-]. The van der Waals surface area contributed by atoms with E-state index in [1.807, 2.05) is 0 Å². The molecule has 1 amide bonds. The van der Waals surface area contributed by atoms with Crippen LogP contribution in [0.3, 0.4) is 0 Å². The number of anilines is 2. The lowest BCUT2D eigenvalue weighted by molar-refractivity contribution is -0.383. The third-order valence-corrected chi connectivity index (χ3v) is 3.16. The van der Waals surface area contributed by atoms with Crippen LogP contribution < -0.4 is 10.6 Å². The van der Waals surface area contributed by atoms with Crippen molar-refractivity contribution in [2.45, 2.75) is 0 Å². The second-order valence-corrected chi connectivity index (χ2v) is 4.99. The van der Waals surface area contributed by atoms with Gasteiger partial charge in [-0.2, -0.15) is 5.26 Å². The Bertz CT molecular complexity index is 858. The van der Waals surface area contributed by atoms with Crippen LogP contribution in [0.2, 0.25) is 5.02 Å². The predicted molar refractivity (Wildman–Crippen MR) is 90.5 cm³/mol. The summed E-state index contributed by atoms with van der Waals surface area (Å²) in [7, 11) is 0. The van der Waals surface area contributed by atoms with Gasteiger partial charge in [-0.05, 0) is 24.3 Å². The summed E-state index contributed by atoms with van der Waals surface area (Å²) in [5, 5.41) is 25.7. The fourth-order valence-corrected chi connectivity index (χ4v) is 2.00. The molecule has 7 nitrogen and oxygen atoms in total. The summed E-state index contributed by atoms with van der Waals surface area (Å²) in [5.41, 5.74) is 0.101. The van der Waals surface area contributed by atoms with E-state index in [0.717, 1.165) is 0 Å². The van der Waals surface area contributed by atoms with Crippen LogP contribution in [0.4, 0.5) is 17.1 Å². The number of rotatable bonds is 5. The molecule has 0 saturated heterocycles. The molecule has 0 aliphatic heterocycles. The van der Waals surface area contributed by atoms with Crippen LogP contribution in [-0.4, -0.2) is 10.8 Å². The quantitative estimate of drug-likeness (QED) is 0.372. The van der Waals surface area contributed by atoms with Gasteiger partial charge in [0.15, 0.2) is 0 Å². The third kappa shape index (κ3) is 4.32. The molecule has 0 unspecified atom stereocenters. The van der Waals surface area contributed by atoms with Crippen molar-refractivity contribution in [2.75, 3.05) is 10.6 Å².